The average molecular weight is 290 g/mol. The van der Waals surface area contributed by atoms with Crippen molar-refractivity contribution in [3.63, 3.8) is 0 Å². The molecule has 0 atom stereocenters. The van der Waals surface area contributed by atoms with Crippen LogP contribution in [0.1, 0.15) is 31.2 Å². The maximum Gasteiger partial charge on any atom is 0.0234 e. The van der Waals surface area contributed by atoms with E-state index in [1.807, 2.05) is 11.8 Å². The van der Waals surface area contributed by atoms with Crippen molar-refractivity contribution in [1.29, 1.82) is 0 Å². The van der Waals surface area contributed by atoms with Crippen molar-refractivity contribution in [2.45, 2.75) is 43.2 Å². The van der Waals surface area contributed by atoms with Gasteiger partial charge < -0.3 is 0 Å². The van der Waals surface area contributed by atoms with Crippen LogP contribution in [0.3, 0.4) is 0 Å². The Morgan fingerprint density at radius 1 is 1.00 bits per heavy atom. The van der Waals surface area contributed by atoms with Crippen LogP contribution in [0.15, 0.2) is 29.2 Å². The van der Waals surface area contributed by atoms with Gasteiger partial charge in [0.2, 0.25) is 0 Å². The van der Waals surface area contributed by atoms with E-state index in [4.69, 9.17) is 0 Å². The third-order valence-electron chi connectivity index (χ3n) is 4.81. The quantitative estimate of drug-likeness (QED) is 0.784. The lowest BCUT2D eigenvalue weighted by atomic mass is 10.1. The molecular formula is C17H26N2S. The van der Waals surface area contributed by atoms with Gasteiger partial charge in [0.1, 0.15) is 0 Å². The van der Waals surface area contributed by atoms with E-state index >= 15 is 0 Å². The molecular weight excluding hydrogens is 264 g/mol. The van der Waals surface area contributed by atoms with Crippen molar-refractivity contribution in [2.24, 2.45) is 0 Å². The van der Waals surface area contributed by atoms with Crippen molar-refractivity contribution in [2.75, 3.05) is 32.4 Å². The summed E-state index contributed by atoms with van der Waals surface area (Å²) in [5, 5.41) is 0. The van der Waals surface area contributed by atoms with Crippen molar-refractivity contribution in [1.82, 2.24) is 9.80 Å². The van der Waals surface area contributed by atoms with Crippen LogP contribution in [0.4, 0.5) is 0 Å². The normalized spacial score (nSPS) is 22.4. The van der Waals surface area contributed by atoms with Gasteiger partial charge in [0.25, 0.3) is 0 Å². The van der Waals surface area contributed by atoms with Crippen molar-refractivity contribution in [3.05, 3.63) is 29.8 Å². The fraction of sp³-hybridized carbons (Fsp3) is 0.647. The third kappa shape index (κ3) is 3.57. The predicted molar refractivity (Wildman–Crippen MR) is 87.3 cm³/mol. The van der Waals surface area contributed by atoms with E-state index in [-0.39, 0.29) is 0 Å². The molecule has 1 aliphatic heterocycles. The topological polar surface area (TPSA) is 6.48 Å². The minimum Gasteiger partial charge on any atom is -0.298 e. The lowest BCUT2D eigenvalue weighted by Crippen LogP contribution is -2.49. The van der Waals surface area contributed by atoms with E-state index in [1.54, 1.807) is 0 Å². The number of hydrogen-bond acceptors (Lipinski definition) is 3. The van der Waals surface area contributed by atoms with Gasteiger partial charge in [-0.05, 0) is 36.8 Å². The Kier molecular flexibility index (Phi) is 5.03. The second kappa shape index (κ2) is 6.97. The fourth-order valence-corrected chi connectivity index (χ4v) is 3.95. The molecule has 1 aliphatic carbocycles. The van der Waals surface area contributed by atoms with Gasteiger partial charge in [0.15, 0.2) is 0 Å². The average Bonchev–Trinajstić information content (AvgIpc) is 3.03. The summed E-state index contributed by atoms with van der Waals surface area (Å²) in [6.07, 6.45) is 7.92. The molecule has 20 heavy (non-hydrogen) atoms. The first-order chi connectivity index (χ1) is 9.85. The van der Waals surface area contributed by atoms with Crippen LogP contribution in [0.5, 0.6) is 0 Å². The van der Waals surface area contributed by atoms with Gasteiger partial charge in [0.05, 0.1) is 0 Å². The molecule has 0 amide bonds. The number of nitrogens with zero attached hydrogens (tertiary/aromatic N) is 2. The lowest BCUT2D eigenvalue weighted by molar-refractivity contribution is 0.0937. The van der Waals surface area contributed by atoms with E-state index in [0.29, 0.717) is 0 Å². The molecule has 1 aromatic rings. The summed E-state index contributed by atoms with van der Waals surface area (Å²) in [6.45, 7) is 6.13. The standard InChI is InChI=1S/C17H26N2S/c1-20-17-8-6-15(7-9-17)14-18-10-12-19(13-11-18)16-4-2-3-5-16/h6-9,16H,2-5,10-14H2,1H3. The number of hydrogen-bond donors (Lipinski definition) is 0. The minimum atomic E-state index is 0.901. The van der Waals surface area contributed by atoms with Gasteiger partial charge in [-0.25, -0.2) is 0 Å². The molecule has 0 spiro atoms. The van der Waals surface area contributed by atoms with E-state index in [1.165, 1.54) is 62.3 Å². The van der Waals surface area contributed by atoms with Crippen LogP contribution in [-0.2, 0) is 6.54 Å². The van der Waals surface area contributed by atoms with E-state index < -0.39 is 0 Å². The van der Waals surface area contributed by atoms with Crippen LogP contribution >= 0.6 is 11.8 Å². The summed E-state index contributed by atoms with van der Waals surface area (Å²) < 4.78 is 0. The van der Waals surface area contributed by atoms with Gasteiger partial charge in [-0.1, -0.05) is 25.0 Å². The van der Waals surface area contributed by atoms with Crippen LogP contribution in [0.25, 0.3) is 0 Å². The highest BCUT2D eigenvalue weighted by molar-refractivity contribution is 7.98. The zero-order chi connectivity index (χ0) is 13.8. The first kappa shape index (κ1) is 14.4. The minimum absolute atomic E-state index is 0.901. The molecule has 2 nitrogen and oxygen atoms in total. The Hall–Kier alpha value is -0.510. The molecule has 1 heterocycles. The number of benzene rings is 1. The molecule has 1 saturated heterocycles. The molecule has 0 unspecified atom stereocenters. The van der Waals surface area contributed by atoms with Gasteiger partial charge >= 0.3 is 0 Å². The summed E-state index contributed by atoms with van der Waals surface area (Å²) in [5.74, 6) is 0. The molecule has 110 valence electrons. The summed E-state index contributed by atoms with van der Waals surface area (Å²) in [6, 6.07) is 9.96. The molecule has 3 heteroatoms. The maximum atomic E-state index is 2.74. The first-order valence-corrected chi connectivity index (χ1v) is 9.17. The van der Waals surface area contributed by atoms with E-state index in [0.717, 1.165) is 12.6 Å². The molecule has 2 fully saturated rings. The highest BCUT2D eigenvalue weighted by Gasteiger charge is 2.25. The second-order valence-electron chi connectivity index (χ2n) is 6.10. The summed E-state index contributed by atoms with van der Waals surface area (Å²) in [4.78, 5) is 6.71. The SMILES string of the molecule is CSc1ccc(CN2CCN(C3CCCC3)CC2)cc1. The summed E-state index contributed by atoms with van der Waals surface area (Å²) >= 11 is 1.82. The summed E-state index contributed by atoms with van der Waals surface area (Å²) in [7, 11) is 0. The zero-order valence-corrected chi connectivity index (χ0v) is 13.4. The summed E-state index contributed by atoms with van der Waals surface area (Å²) in [5.41, 5.74) is 1.46. The Labute approximate surface area is 127 Å². The van der Waals surface area contributed by atoms with Crippen LogP contribution in [0.2, 0.25) is 0 Å². The number of rotatable bonds is 4. The smallest absolute Gasteiger partial charge is 0.0234 e. The van der Waals surface area contributed by atoms with Crippen molar-refractivity contribution >= 4 is 11.8 Å². The van der Waals surface area contributed by atoms with Crippen molar-refractivity contribution < 1.29 is 0 Å². The number of piperazine rings is 1. The van der Waals surface area contributed by atoms with Gasteiger partial charge in [0, 0.05) is 43.7 Å². The largest absolute Gasteiger partial charge is 0.298 e. The molecule has 2 aliphatic rings. The monoisotopic (exact) mass is 290 g/mol. The molecule has 0 radical (unpaired) electrons. The molecule has 1 saturated carbocycles. The first-order valence-electron chi connectivity index (χ1n) is 7.94. The third-order valence-corrected chi connectivity index (χ3v) is 5.56. The molecule has 3 rings (SSSR count). The molecule has 0 N–H and O–H groups in total. The van der Waals surface area contributed by atoms with Gasteiger partial charge in [-0.2, -0.15) is 0 Å². The Morgan fingerprint density at radius 2 is 1.65 bits per heavy atom. The van der Waals surface area contributed by atoms with Crippen LogP contribution in [0, 0.1) is 0 Å². The highest BCUT2D eigenvalue weighted by Crippen LogP contribution is 2.24. The highest BCUT2D eigenvalue weighted by atomic mass is 32.2. The Morgan fingerprint density at radius 3 is 2.25 bits per heavy atom. The van der Waals surface area contributed by atoms with Gasteiger partial charge in [-0.15, -0.1) is 11.8 Å². The zero-order valence-electron chi connectivity index (χ0n) is 12.6. The van der Waals surface area contributed by atoms with Crippen LogP contribution < -0.4 is 0 Å². The van der Waals surface area contributed by atoms with Gasteiger partial charge in [-0.3, -0.25) is 9.80 Å². The molecule has 0 aromatic heterocycles. The molecule has 1 aromatic carbocycles. The van der Waals surface area contributed by atoms with Crippen molar-refractivity contribution in [3.8, 4) is 0 Å². The Balaban J connectivity index is 1.47. The fourth-order valence-electron chi connectivity index (χ4n) is 3.55. The lowest BCUT2D eigenvalue weighted by Gasteiger charge is -2.38. The maximum absolute atomic E-state index is 2.74. The van der Waals surface area contributed by atoms with E-state index in [9.17, 15) is 0 Å². The Bertz CT molecular complexity index is 404. The second-order valence-corrected chi connectivity index (χ2v) is 6.98. The molecule has 0 bridgehead atoms. The predicted octanol–water partition coefficient (Wildman–Crippen LogP) is 3.47. The van der Waals surface area contributed by atoms with E-state index in [2.05, 4.69) is 40.3 Å². The van der Waals surface area contributed by atoms with Crippen LogP contribution in [-0.4, -0.2) is 48.3 Å². The number of thioether (sulfide) groups is 1.